The summed E-state index contributed by atoms with van der Waals surface area (Å²) >= 11 is 2.01. The van der Waals surface area contributed by atoms with Gasteiger partial charge >= 0.3 is 5.69 Å². The molecule has 0 aliphatic rings. The van der Waals surface area contributed by atoms with Crippen LogP contribution in [-0.4, -0.2) is 18.3 Å². The molecule has 8 nitrogen and oxygen atoms in total. The number of hydrogen-bond donors (Lipinski definition) is 2. The lowest BCUT2D eigenvalue weighted by Crippen LogP contribution is -2.27. The van der Waals surface area contributed by atoms with Crippen LogP contribution < -0.4 is 10.5 Å². The van der Waals surface area contributed by atoms with Gasteiger partial charge in [0.2, 0.25) is 0 Å². The Balaban J connectivity index is 2.30. The molecule has 0 spiro atoms. The number of nitrogens with two attached hydrogens (primary N) is 1. The third kappa shape index (κ3) is 3.37. The van der Waals surface area contributed by atoms with Gasteiger partial charge in [-0.25, -0.2) is 18.1 Å². The van der Waals surface area contributed by atoms with Crippen LogP contribution in [0.5, 0.6) is 0 Å². The number of nitrogen functional groups attached to an aromatic ring is 1. The first-order chi connectivity index (χ1) is 9.85. The molecule has 1 atom stereocenters. The molecule has 114 valence electrons. The van der Waals surface area contributed by atoms with Gasteiger partial charge in [-0.05, 0) is 6.42 Å². The maximum absolute atomic E-state index is 12.3. The van der Waals surface area contributed by atoms with Gasteiger partial charge in [0.1, 0.15) is 9.22 Å². The molecule has 1 unspecified atom stereocenters. The van der Waals surface area contributed by atoms with E-state index in [1.54, 1.807) is 11.6 Å². The zero-order chi connectivity index (χ0) is 15.6. The average molecular weight is 348 g/mol. The summed E-state index contributed by atoms with van der Waals surface area (Å²) in [6, 6.07) is 0.495. The quantitative estimate of drug-likeness (QED) is 0.608. The fourth-order valence-corrected chi connectivity index (χ4v) is 4.97. The molecule has 2 aromatic heterocycles. The molecule has 11 heteroatoms. The number of anilines is 1. The molecule has 0 aliphatic heterocycles. The van der Waals surface area contributed by atoms with Gasteiger partial charge in [0.15, 0.2) is 5.00 Å². The first-order valence-electron chi connectivity index (χ1n) is 5.80. The second kappa shape index (κ2) is 6.05. The van der Waals surface area contributed by atoms with Gasteiger partial charge in [-0.15, -0.1) is 11.3 Å². The number of thiazole rings is 1. The van der Waals surface area contributed by atoms with Crippen LogP contribution in [0.15, 0.2) is 21.9 Å². The Hall–Kier alpha value is -1.56. The predicted molar refractivity (Wildman–Crippen MR) is 80.9 cm³/mol. The Morgan fingerprint density at radius 2 is 2.29 bits per heavy atom. The molecule has 0 amide bonds. The van der Waals surface area contributed by atoms with Crippen molar-refractivity contribution in [3.63, 3.8) is 0 Å². The Kier molecular flexibility index (Phi) is 4.56. The van der Waals surface area contributed by atoms with Gasteiger partial charge < -0.3 is 5.73 Å². The lowest BCUT2D eigenvalue weighted by atomic mass is 10.3. The number of nitrogens with one attached hydrogen (secondary N) is 1. The number of aromatic nitrogens is 1. The van der Waals surface area contributed by atoms with E-state index in [-0.39, 0.29) is 9.21 Å². The average Bonchev–Trinajstić information content (AvgIpc) is 3.05. The first-order valence-corrected chi connectivity index (χ1v) is 8.98. The molecule has 0 aromatic carbocycles. The van der Waals surface area contributed by atoms with Gasteiger partial charge in [0, 0.05) is 17.6 Å². The van der Waals surface area contributed by atoms with Crippen LogP contribution in [0.1, 0.15) is 24.4 Å². The summed E-state index contributed by atoms with van der Waals surface area (Å²) in [6.45, 7) is 1.82. The van der Waals surface area contributed by atoms with Crippen LogP contribution in [-0.2, 0) is 10.0 Å². The van der Waals surface area contributed by atoms with Crippen LogP contribution in [0, 0.1) is 10.1 Å². The second-order valence-corrected chi connectivity index (χ2v) is 7.98. The van der Waals surface area contributed by atoms with Crippen molar-refractivity contribution in [3.8, 4) is 0 Å². The Morgan fingerprint density at radius 3 is 2.76 bits per heavy atom. The Bertz CT molecular complexity index is 738. The molecular formula is C10H12N4O4S3. The summed E-state index contributed by atoms with van der Waals surface area (Å²) in [5.41, 5.74) is 5.07. The third-order valence-electron chi connectivity index (χ3n) is 2.63. The van der Waals surface area contributed by atoms with Crippen LogP contribution >= 0.6 is 22.7 Å². The number of nitrogens with zero attached hydrogens (tertiary/aromatic N) is 2. The van der Waals surface area contributed by atoms with Crippen molar-refractivity contribution >= 4 is 43.4 Å². The molecule has 0 saturated heterocycles. The molecule has 0 bridgehead atoms. The van der Waals surface area contributed by atoms with E-state index in [4.69, 9.17) is 5.73 Å². The minimum atomic E-state index is -3.88. The number of sulfonamides is 1. The van der Waals surface area contributed by atoms with Crippen molar-refractivity contribution in [1.82, 2.24) is 9.71 Å². The fourth-order valence-electron chi connectivity index (χ4n) is 1.61. The highest BCUT2D eigenvalue weighted by atomic mass is 32.2. The lowest BCUT2D eigenvalue weighted by Gasteiger charge is -2.13. The zero-order valence-corrected chi connectivity index (χ0v) is 13.3. The number of hydrogen-bond acceptors (Lipinski definition) is 8. The maximum Gasteiger partial charge on any atom is 0.304 e. The Labute approximate surface area is 128 Å². The first kappa shape index (κ1) is 15.8. The van der Waals surface area contributed by atoms with E-state index in [2.05, 4.69) is 9.71 Å². The van der Waals surface area contributed by atoms with Crippen molar-refractivity contribution in [2.24, 2.45) is 0 Å². The number of nitro groups is 1. The molecule has 2 rings (SSSR count). The Morgan fingerprint density at radius 1 is 1.57 bits per heavy atom. The van der Waals surface area contributed by atoms with Gasteiger partial charge in [-0.2, -0.15) is 0 Å². The normalized spacial score (nSPS) is 13.2. The van der Waals surface area contributed by atoms with Crippen molar-refractivity contribution in [2.75, 3.05) is 5.73 Å². The zero-order valence-electron chi connectivity index (χ0n) is 10.8. The molecule has 2 heterocycles. The molecule has 0 fully saturated rings. The molecule has 3 N–H and O–H groups in total. The largest absolute Gasteiger partial charge is 0.385 e. The van der Waals surface area contributed by atoms with Crippen molar-refractivity contribution in [1.29, 1.82) is 0 Å². The summed E-state index contributed by atoms with van der Waals surface area (Å²) in [4.78, 5) is 14.1. The third-order valence-corrected chi connectivity index (χ3v) is 6.42. The molecule has 0 aliphatic carbocycles. The number of thiophene rings is 1. The van der Waals surface area contributed by atoms with Crippen LogP contribution in [0.2, 0.25) is 0 Å². The van der Waals surface area contributed by atoms with E-state index < -0.39 is 26.7 Å². The molecule has 21 heavy (non-hydrogen) atoms. The SMILES string of the molecule is CCC(NS(=O)(=O)c1cc([N+](=O)[O-])c(N)s1)c1nccs1. The van der Waals surface area contributed by atoms with E-state index in [0.717, 1.165) is 6.07 Å². The highest BCUT2D eigenvalue weighted by Gasteiger charge is 2.27. The van der Waals surface area contributed by atoms with Gasteiger partial charge in [-0.3, -0.25) is 10.1 Å². The summed E-state index contributed by atoms with van der Waals surface area (Å²) in [7, 11) is -3.88. The van der Waals surface area contributed by atoms with Crippen LogP contribution in [0.3, 0.4) is 0 Å². The molecular weight excluding hydrogens is 336 g/mol. The van der Waals surface area contributed by atoms with E-state index in [0.29, 0.717) is 22.8 Å². The summed E-state index contributed by atoms with van der Waals surface area (Å²) in [5.74, 6) is 0. The van der Waals surface area contributed by atoms with E-state index in [1.807, 2.05) is 6.92 Å². The monoisotopic (exact) mass is 348 g/mol. The van der Waals surface area contributed by atoms with E-state index in [9.17, 15) is 18.5 Å². The minimum absolute atomic E-state index is 0.136. The summed E-state index contributed by atoms with van der Waals surface area (Å²) in [6.07, 6.45) is 2.10. The van der Waals surface area contributed by atoms with E-state index >= 15 is 0 Å². The highest BCUT2D eigenvalue weighted by molar-refractivity contribution is 7.91. The van der Waals surface area contributed by atoms with Crippen molar-refractivity contribution in [2.45, 2.75) is 23.6 Å². The van der Waals surface area contributed by atoms with Crippen molar-refractivity contribution < 1.29 is 13.3 Å². The maximum atomic E-state index is 12.3. The highest BCUT2D eigenvalue weighted by Crippen LogP contribution is 2.35. The van der Waals surface area contributed by atoms with E-state index in [1.165, 1.54) is 11.3 Å². The smallest absolute Gasteiger partial charge is 0.304 e. The predicted octanol–water partition coefficient (Wildman–Crippen LogP) is 2.12. The molecule has 0 saturated carbocycles. The lowest BCUT2D eigenvalue weighted by molar-refractivity contribution is -0.383. The second-order valence-electron chi connectivity index (χ2n) is 4.02. The minimum Gasteiger partial charge on any atom is -0.385 e. The summed E-state index contributed by atoms with van der Waals surface area (Å²) in [5, 5.41) is 13.0. The van der Waals surface area contributed by atoms with Crippen LogP contribution in [0.4, 0.5) is 10.7 Å². The van der Waals surface area contributed by atoms with Crippen LogP contribution in [0.25, 0.3) is 0 Å². The van der Waals surface area contributed by atoms with Gasteiger partial charge in [0.05, 0.1) is 11.0 Å². The molecule has 2 aromatic rings. The van der Waals surface area contributed by atoms with Gasteiger partial charge in [-0.1, -0.05) is 18.3 Å². The fraction of sp³-hybridized carbons (Fsp3) is 0.300. The van der Waals surface area contributed by atoms with Crippen molar-refractivity contribution in [3.05, 3.63) is 32.8 Å². The topological polar surface area (TPSA) is 128 Å². The summed E-state index contributed by atoms with van der Waals surface area (Å²) < 4.78 is 26.9. The number of rotatable bonds is 6. The van der Waals surface area contributed by atoms with Gasteiger partial charge in [0.25, 0.3) is 10.0 Å². The standard InChI is InChI=1S/C10H12N4O4S3/c1-2-6(10-12-3-4-19-10)13-21(17,18)8-5-7(14(15)16)9(11)20-8/h3-6,13H,2,11H2,1H3. The molecule has 0 radical (unpaired) electrons.